The Bertz CT molecular complexity index is 495. The van der Waals surface area contributed by atoms with E-state index in [9.17, 15) is 4.79 Å². The predicted octanol–water partition coefficient (Wildman–Crippen LogP) is 1.94. The molecule has 0 aromatic carbocycles. The summed E-state index contributed by atoms with van der Waals surface area (Å²) < 4.78 is 0. The van der Waals surface area contributed by atoms with Crippen LogP contribution in [0, 0.1) is 19.8 Å². The van der Waals surface area contributed by atoms with Gasteiger partial charge < -0.3 is 10.2 Å². The largest absolute Gasteiger partial charge is 0.337 e. The summed E-state index contributed by atoms with van der Waals surface area (Å²) in [6, 6.07) is 2.27. The zero-order valence-electron chi connectivity index (χ0n) is 13.5. The van der Waals surface area contributed by atoms with Crippen molar-refractivity contribution in [1.82, 2.24) is 20.4 Å². The second-order valence-corrected chi connectivity index (χ2v) is 6.38. The monoisotopic (exact) mass is 290 g/mol. The van der Waals surface area contributed by atoms with Crippen molar-refractivity contribution in [3.63, 3.8) is 0 Å². The van der Waals surface area contributed by atoms with E-state index in [-0.39, 0.29) is 5.91 Å². The zero-order chi connectivity index (χ0) is 15.4. The van der Waals surface area contributed by atoms with Gasteiger partial charge in [0.05, 0.1) is 17.0 Å². The molecule has 0 radical (unpaired) electrons. The first-order valence-electron chi connectivity index (χ1n) is 7.81. The van der Waals surface area contributed by atoms with Gasteiger partial charge in [0.1, 0.15) is 0 Å². The number of carbonyl (C=O) groups excluding carboxylic acids is 1. The zero-order valence-corrected chi connectivity index (χ0v) is 13.5. The van der Waals surface area contributed by atoms with Crippen molar-refractivity contribution in [3.8, 4) is 0 Å². The number of amides is 1. The maximum absolute atomic E-state index is 12.9. The van der Waals surface area contributed by atoms with Gasteiger partial charge in [-0.15, -0.1) is 0 Å². The Kier molecular flexibility index (Phi) is 5.28. The fraction of sp³-hybridized carbons (Fsp3) is 0.688. The molecule has 1 fully saturated rings. The minimum Gasteiger partial charge on any atom is -0.337 e. The van der Waals surface area contributed by atoms with Gasteiger partial charge in [0, 0.05) is 19.1 Å². The Hall–Kier alpha value is -1.49. The third-order valence-electron chi connectivity index (χ3n) is 3.81. The number of rotatable bonds is 5. The van der Waals surface area contributed by atoms with E-state index in [2.05, 4.69) is 29.4 Å². The van der Waals surface area contributed by atoms with Crippen LogP contribution in [0.4, 0.5) is 0 Å². The van der Waals surface area contributed by atoms with Crippen molar-refractivity contribution in [2.45, 2.75) is 46.6 Å². The maximum atomic E-state index is 12.9. The quantitative estimate of drug-likeness (QED) is 0.900. The molecule has 1 amide bonds. The standard InChI is InChI=1S/C16H26N4O/c1-11(2)9-20(10-14-6-5-7-17-14)16(21)15-8-12(3)18-19-13(15)4/h8,11,14,17H,5-7,9-10H2,1-4H3. The average Bonchev–Trinajstić information content (AvgIpc) is 2.92. The predicted molar refractivity (Wildman–Crippen MR) is 83.3 cm³/mol. The normalized spacial score (nSPS) is 18.2. The molecule has 0 spiro atoms. The molecule has 1 aliphatic heterocycles. The summed E-state index contributed by atoms with van der Waals surface area (Å²) in [5.74, 6) is 0.527. The molecule has 0 bridgehead atoms. The Balaban J connectivity index is 2.17. The van der Waals surface area contributed by atoms with Crippen molar-refractivity contribution >= 4 is 5.91 Å². The van der Waals surface area contributed by atoms with Gasteiger partial charge in [-0.3, -0.25) is 4.79 Å². The summed E-state index contributed by atoms with van der Waals surface area (Å²) in [4.78, 5) is 14.8. The van der Waals surface area contributed by atoms with Crippen molar-refractivity contribution in [1.29, 1.82) is 0 Å². The Morgan fingerprint density at radius 3 is 2.81 bits per heavy atom. The number of aryl methyl sites for hydroxylation is 2. The first-order chi connectivity index (χ1) is 9.97. The third kappa shape index (κ3) is 4.24. The van der Waals surface area contributed by atoms with E-state index in [1.165, 1.54) is 6.42 Å². The Morgan fingerprint density at radius 1 is 1.43 bits per heavy atom. The van der Waals surface area contributed by atoms with E-state index in [1.54, 1.807) is 0 Å². The summed E-state index contributed by atoms with van der Waals surface area (Å²) in [7, 11) is 0. The summed E-state index contributed by atoms with van der Waals surface area (Å²) in [6.45, 7) is 10.6. The van der Waals surface area contributed by atoms with Crippen LogP contribution < -0.4 is 5.32 Å². The number of nitrogens with one attached hydrogen (secondary N) is 1. The number of aromatic nitrogens is 2. The molecule has 2 rings (SSSR count). The molecule has 5 nitrogen and oxygen atoms in total. The summed E-state index contributed by atoms with van der Waals surface area (Å²) >= 11 is 0. The fourth-order valence-corrected chi connectivity index (χ4v) is 2.80. The lowest BCUT2D eigenvalue weighted by Crippen LogP contribution is -2.43. The van der Waals surface area contributed by atoms with E-state index in [4.69, 9.17) is 0 Å². The molecular formula is C16H26N4O. The van der Waals surface area contributed by atoms with Crippen LogP contribution in [0.25, 0.3) is 0 Å². The molecule has 1 unspecified atom stereocenters. The molecule has 1 saturated heterocycles. The highest BCUT2D eigenvalue weighted by molar-refractivity contribution is 5.95. The minimum absolute atomic E-state index is 0.0768. The van der Waals surface area contributed by atoms with Crippen molar-refractivity contribution in [2.24, 2.45) is 5.92 Å². The van der Waals surface area contributed by atoms with Crippen molar-refractivity contribution in [3.05, 3.63) is 23.0 Å². The molecule has 5 heteroatoms. The lowest BCUT2D eigenvalue weighted by Gasteiger charge is -2.28. The second-order valence-electron chi connectivity index (χ2n) is 6.38. The van der Waals surface area contributed by atoms with Crippen LogP contribution in [-0.4, -0.2) is 46.7 Å². The minimum atomic E-state index is 0.0768. The van der Waals surface area contributed by atoms with Gasteiger partial charge in [0.25, 0.3) is 5.91 Å². The Labute approximate surface area is 127 Å². The highest BCUT2D eigenvalue weighted by atomic mass is 16.2. The topological polar surface area (TPSA) is 58.1 Å². The number of carbonyl (C=O) groups is 1. The van der Waals surface area contributed by atoms with Crippen LogP contribution in [0.5, 0.6) is 0 Å². The van der Waals surface area contributed by atoms with E-state index in [1.807, 2.05) is 24.8 Å². The van der Waals surface area contributed by atoms with Crippen LogP contribution in [0.15, 0.2) is 6.07 Å². The molecule has 116 valence electrons. The molecular weight excluding hydrogens is 264 g/mol. The van der Waals surface area contributed by atoms with E-state index < -0.39 is 0 Å². The van der Waals surface area contributed by atoms with Crippen molar-refractivity contribution in [2.75, 3.05) is 19.6 Å². The molecule has 21 heavy (non-hydrogen) atoms. The highest BCUT2D eigenvalue weighted by Crippen LogP contribution is 2.14. The number of hydrogen-bond donors (Lipinski definition) is 1. The SMILES string of the molecule is Cc1cc(C(=O)N(CC(C)C)CC2CCCN2)c(C)nn1. The van der Waals surface area contributed by atoms with Gasteiger partial charge in [-0.2, -0.15) is 10.2 Å². The first-order valence-corrected chi connectivity index (χ1v) is 7.81. The molecule has 1 aromatic rings. The summed E-state index contributed by atoms with van der Waals surface area (Å²) in [5, 5.41) is 11.6. The van der Waals surface area contributed by atoms with Crippen LogP contribution in [0.1, 0.15) is 48.4 Å². The first kappa shape index (κ1) is 15.9. The fourth-order valence-electron chi connectivity index (χ4n) is 2.80. The van der Waals surface area contributed by atoms with E-state index in [0.717, 1.165) is 31.7 Å². The highest BCUT2D eigenvalue weighted by Gasteiger charge is 2.24. The van der Waals surface area contributed by atoms with Crippen LogP contribution in [0.3, 0.4) is 0 Å². The molecule has 0 aliphatic carbocycles. The smallest absolute Gasteiger partial charge is 0.255 e. The van der Waals surface area contributed by atoms with Gasteiger partial charge in [-0.1, -0.05) is 13.8 Å². The van der Waals surface area contributed by atoms with Gasteiger partial charge >= 0.3 is 0 Å². The van der Waals surface area contributed by atoms with Crippen LogP contribution in [-0.2, 0) is 0 Å². The van der Waals surface area contributed by atoms with Crippen LogP contribution in [0.2, 0.25) is 0 Å². The Morgan fingerprint density at radius 2 is 2.19 bits per heavy atom. The van der Waals surface area contributed by atoms with Gasteiger partial charge in [0.15, 0.2) is 0 Å². The third-order valence-corrected chi connectivity index (χ3v) is 3.81. The summed E-state index contributed by atoms with van der Waals surface area (Å²) in [6.07, 6.45) is 2.35. The second kappa shape index (κ2) is 6.98. The van der Waals surface area contributed by atoms with Gasteiger partial charge in [-0.25, -0.2) is 0 Å². The van der Waals surface area contributed by atoms with Crippen molar-refractivity contribution < 1.29 is 4.79 Å². The molecule has 0 saturated carbocycles. The average molecular weight is 290 g/mol. The molecule has 1 aromatic heterocycles. The molecule has 2 heterocycles. The number of nitrogens with zero attached hydrogens (tertiary/aromatic N) is 3. The number of hydrogen-bond acceptors (Lipinski definition) is 4. The van der Waals surface area contributed by atoms with E-state index >= 15 is 0 Å². The summed E-state index contributed by atoms with van der Waals surface area (Å²) in [5.41, 5.74) is 2.17. The van der Waals surface area contributed by atoms with Crippen LogP contribution >= 0.6 is 0 Å². The molecule has 1 atom stereocenters. The molecule has 1 aliphatic rings. The lowest BCUT2D eigenvalue weighted by molar-refractivity contribution is 0.0719. The molecule has 1 N–H and O–H groups in total. The van der Waals surface area contributed by atoms with Gasteiger partial charge in [-0.05, 0) is 45.2 Å². The van der Waals surface area contributed by atoms with Gasteiger partial charge in [0.2, 0.25) is 0 Å². The van der Waals surface area contributed by atoms with E-state index in [0.29, 0.717) is 23.2 Å². The lowest BCUT2D eigenvalue weighted by atomic mass is 10.1. The maximum Gasteiger partial charge on any atom is 0.255 e.